The smallest absolute Gasteiger partial charge is 0.247 e. The van der Waals surface area contributed by atoms with Gasteiger partial charge in [0.25, 0.3) is 0 Å². The molecule has 1 saturated heterocycles. The molecule has 0 aliphatic carbocycles. The Kier molecular flexibility index (Phi) is 6.21. The van der Waals surface area contributed by atoms with Crippen LogP contribution in [0.5, 0.6) is 17.2 Å². The van der Waals surface area contributed by atoms with E-state index < -0.39 is 10.0 Å². The van der Waals surface area contributed by atoms with Crippen molar-refractivity contribution in [1.82, 2.24) is 23.9 Å². The number of methoxy groups -OCH3 is 1. The van der Waals surface area contributed by atoms with Gasteiger partial charge in [-0.05, 0) is 35.0 Å². The zero-order valence-electron chi connectivity index (χ0n) is 19.0. The van der Waals surface area contributed by atoms with Crippen molar-refractivity contribution in [2.75, 3.05) is 53.7 Å². The zero-order valence-corrected chi connectivity index (χ0v) is 21.4. The Morgan fingerprint density at radius 3 is 2.56 bits per heavy atom. The van der Waals surface area contributed by atoms with Crippen LogP contribution in [0.2, 0.25) is 0 Å². The predicted molar refractivity (Wildman–Crippen MR) is 124 cm³/mol. The predicted octanol–water partition coefficient (Wildman–Crippen LogP) is 0.904. The van der Waals surface area contributed by atoms with Crippen molar-refractivity contribution in [1.29, 1.82) is 0 Å². The number of nitrogens with zero attached hydrogens (tertiary/aromatic N) is 5. The summed E-state index contributed by atoms with van der Waals surface area (Å²) in [5.74, 6) is 1.00. The van der Waals surface area contributed by atoms with Crippen molar-refractivity contribution in [2.24, 2.45) is 0 Å². The lowest BCUT2D eigenvalue weighted by atomic mass is 9.97. The minimum Gasteiger partial charge on any atom is -0.492 e. The maximum absolute atomic E-state index is 13.9. The first-order valence-corrected chi connectivity index (χ1v) is 13.2. The largest absolute Gasteiger partial charge is 0.492 e. The first-order valence-electron chi connectivity index (χ1n) is 10.9. The van der Waals surface area contributed by atoms with Crippen molar-refractivity contribution in [3.63, 3.8) is 0 Å². The fraction of sp³-hybridized carbons (Fsp3) is 0.524. The van der Waals surface area contributed by atoms with Gasteiger partial charge in [0.15, 0.2) is 11.5 Å². The summed E-state index contributed by atoms with van der Waals surface area (Å²) in [6, 6.07) is 0. The molecule has 0 N–H and O–H groups in total. The van der Waals surface area contributed by atoms with Crippen LogP contribution in [-0.2, 0) is 34.3 Å². The van der Waals surface area contributed by atoms with Gasteiger partial charge in [0.1, 0.15) is 11.4 Å². The molecule has 1 aromatic heterocycles. The van der Waals surface area contributed by atoms with Crippen molar-refractivity contribution in [2.45, 2.75) is 24.4 Å². The van der Waals surface area contributed by atoms with Crippen LogP contribution in [0.4, 0.5) is 0 Å². The third-order valence-corrected chi connectivity index (χ3v) is 8.80. The summed E-state index contributed by atoms with van der Waals surface area (Å²) in [6.07, 6.45) is 3.91. The molecule has 1 aromatic carbocycles. The van der Waals surface area contributed by atoms with Crippen LogP contribution in [0.1, 0.15) is 11.1 Å². The molecule has 34 heavy (non-hydrogen) atoms. The van der Waals surface area contributed by atoms with Crippen LogP contribution >= 0.6 is 15.9 Å². The third kappa shape index (κ3) is 4.04. The number of ether oxygens (including phenoxy) is 3. The first-order chi connectivity index (χ1) is 16.3. The quantitative estimate of drug-likeness (QED) is 0.535. The summed E-state index contributed by atoms with van der Waals surface area (Å²) in [5, 5.41) is 4.11. The van der Waals surface area contributed by atoms with Crippen LogP contribution in [0, 0.1) is 0 Å². The number of hydrogen-bond acceptors (Lipinski definition) is 8. The Bertz CT molecular complexity index is 1220. The Labute approximate surface area is 206 Å². The second-order valence-electron chi connectivity index (χ2n) is 8.51. The number of halogens is 1. The normalized spacial score (nSPS) is 18.7. The molecular weight excluding hydrogens is 530 g/mol. The number of amides is 1. The molecule has 0 bridgehead atoms. The van der Waals surface area contributed by atoms with Gasteiger partial charge < -0.3 is 24.0 Å². The Balaban J connectivity index is 1.40. The van der Waals surface area contributed by atoms with Crippen LogP contribution in [0.3, 0.4) is 0 Å². The van der Waals surface area contributed by atoms with Gasteiger partial charge in [-0.2, -0.15) is 9.40 Å². The highest BCUT2D eigenvalue weighted by molar-refractivity contribution is 9.10. The van der Waals surface area contributed by atoms with Crippen LogP contribution < -0.4 is 14.2 Å². The molecule has 2 aromatic rings. The number of rotatable bonds is 5. The van der Waals surface area contributed by atoms with Crippen molar-refractivity contribution >= 4 is 31.9 Å². The fourth-order valence-electron chi connectivity index (χ4n) is 4.71. The molecule has 184 valence electrons. The maximum Gasteiger partial charge on any atom is 0.247 e. The number of aromatic nitrogens is 2. The Morgan fingerprint density at radius 1 is 1.15 bits per heavy atom. The van der Waals surface area contributed by atoms with E-state index in [4.69, 9.17) is 14.2 Å². The van der Waals surface area contributed by atoms with Crippen molar-refractivity contribution < 1.29 is 27.4 Å². The molecule has 5 rings (SSSR count). The van der Waals surface area contributed by atoms with E-state index in [2.05, 4.69) is 25.9 Å². The fourth-order valence-corrected chi connectivity index (χ4v) is 6.86. The number of sulfonamides is 1. The van der Waals surface area contributed by atoms with Crippen LogP contribution in [-0.4, -0.2) is 91.9 Å². The molecule has 0 radical (unpaired) electrons. The van der Waals surface area contributed by atoms with E-state index in [1.54, 1.807) is 29.1 Å². The molecule has 13 heteroatoms. The summed E-state index contributed by atoms with van der Waals surface area (Å²) in [4.78, 5) is 16.6. The molecule has 0 unspecified atom stereocenters. The summed E-state index contributed by atoms with van der Waals surface area (Å²) in [5.41, 5.74) is 1.54. The van der Waals surface area contributed by atoms with E-state index in [0.717, 1.165) is 22.1 Å². The van der Waals surface area contributed by atoms with Gasteiger partial charge in [0.2, 0.25) is 28.5 Å². The lowest BCUT2D eigenvalue weighted by molar-refractivity contribution is -0.133. The summed E-state index contributed by atoms with van der Waals surface area (Å²) in [6.45, 7) is 2.35. The van der Waals surface area contributed by atoms with Crippen molar-refractivity contribution in [3.05, 3.63) is 28.0 Å². The number of carbonyl (C=O) groups is 1. The van der Waals surface area contributed by atoms with Gasteiger partial charge in [-0.15, -0.1) is 0 Å². The van der Waals surface area contributed by atoms with Gasteiger partial charge in [-0.25, -0.2) is 8.42 Å². The topological polar surface area (TPSA) is 106 Å². The lowest BCUT2D eigenvalue weighted by Crippen LogP contribution is -2.51. The van der Waals surface area contributed by atoms with E-state index in [1.807, 2.05) is 7.05 Å². The highest BCUT2D eigenvalue weighted by Crippen LogP contribution is 2.51. The number of benzene rings is 1. The molecule has 4 heterocycles. The molecule has 1 amide bonds. The molecule has 0 atom stereocenters. The third-order valence-electron chi connectivity index (χ3n) is 6.40. The van der Waals surface area contributed by atoms with Crippen LogP contribution in [0.25, 0.3) is 0 Å². The lowest BCUT2D eigenvalue weighted by Gasteiger charge is -2.35. The van der Waals surface area contributed by atoms with Crippen LogP contribution in [0.15, 0.2) is 21.8 Å². The summed E-state index contributed by atoms with van der Waals surface area (Å²) < 4.78 is 48.5. The number of likely N-dealkylation sites (N-methyl/N-ethyl adjacent to an activating group) is 1. The average Bonchev–Trinajstić information content (AvgIpc) is 3.46. The second-order valence-corrected chi connectivity index (χ2v) is 11.3. The number of piperazine rings is 1. The molecule has 1 fully saturated rings. The Morgan fingerprint density at radius 2 is 1.88 bits per heavy atom. The van der Waals surface area contributed by atoms with Gasteiger partial charge in [0.05, 0.1) is 17.8 Å². The highest BCUT2D eigenvalue weighted by atomic mass is 79.9. The number of hydrogen-bond donors (Lipinski definition) is 0. The highest BCUT2D eigenvalue weighted by Gasteiger charge is 2.41. The molecule has 0 spiro atoms. The number of carbonyl (C=O) groups excluding carboxylic acids is 1. The Hall–Kier alpha value is -2.35. The molecule has 11 nitrogen and oxygen atoms in total. The van der Waals surface area contributed by atoms with E-state index in [9.17, 15) is 13.2 Å². The van der Waals surface area contributed by atoms with E-state index in [0.29, 0.717) is 37.6 Å². The van der Waals surface area contributed by atoms with Gasteiger partial charge in [-0.1, -0.05) is 0 Å². The minimum absolute atomic E-state index is 0.0568. The second kappa shape index (κ2) is 9.02. The summed E-state index contributed by atoms with van der Waals surface area (Å²) in [7, 11) is -0.344. The number of fused-ring (bicyclic) bond motifs is 2. The molecular formula is C21H26BrN5O6S. The van der Waals surface area contributed by atoms with Gasteiger partial charge in [0, 0.05) is 51.0 Å². The minimum atomic E-state index is -3.88. The molecule has 3 aliphatic heterocycles. The van der Waals surface area contributed by atoms with E-state index in [-0.39, 0.29) is 43.0 Å². The van der Waals surface area contributed by atoms with Gasteiger partial charge in [-0.3, -0.25) is 9.48 Å². The first kappa shape index (κ1) is 23.4. The van der Waals surface area contributed by atoms with Crippen molar-refractivity contribution in [3.8, 4) is 17.2 Å². The average molecular weight is 556 g/mol. The summed E-state index contributed by atoms with van der Waals surface area (Å²) >= 11 is 3.32. The monoisotopic (exact) mass is 555 g/mol. The molecule has 0 saturated carbocycles. The standard InChI is InChI=1S/C21H26BrN5O6S/c1-24-4-3-15-16(11-24)18(31-2)19-20(33-13-32-19)21(15)34(29,30)27-7-5-25(6-8-27)17(28)12-26-10-14(22)9-23-26/h9-10H,3-8,11-13H2,1-2H3. The zero-order chi connectivity index (χ0) is 24.0. The van der Waals surface area contributed by atoms with E-state index in [1.165, 1.54) is 4.31 Å². The molecule has 3 aliphatic rings. The SMILES string of the molecule is COc1c2c(c(S(=O)(=O)N3CCN(C(=O)Cn4cc(Br)cn4)CC3)c3c1OCO3)CCN(C)C2. The van der Waals surface area contributed by atoms with E-state index >= 15 is 0 Å². The maximum atomic E-state index is 13.9. The van der Waals surface area contributed by atoms with Gasteiger partial charge >= 0.3 is 0 Å².